The predicted molar refractivity (Wildman–Crippen MR) is 98.9 cm³/mol. The Morgan fingerprint density at radius 1 is 0.800 bits per heavy atom. The monoisotopic (exact) mass is 334 g/mol. The van der Waals surface area contributed by atoms with Crippen molar-refractivity contribution in [3.8, 4) is 5.75 Å². The first-order valence-electron chi connectivity index (χ1n) is 8.75. The Bertz CT molecular complexity index is 850. The van der Waals surface area contributed by atoms with Gasteiger partial charge >= 0.3 is 0 Å². The molecule has 0 spiro atoms. The van der Waals surface area contributed by atoms with Gasteiger partial charge in [0.2, 0.25) is 5.79 Å². The zero-order valence-electron chi connectivity index (χ0n) is 14.4. The van der Waals surface area contributed by atoms with Crippen LogP contribution in [0.15, 0.2) is 66.7 Å². The van der Waals surface area contributed by atoms with E-state index in [1.807, 2.05) is 30.3 Å². The van der Waals surface area contributed by atoms with Gasteiger partial charge in [-0.25, -0.2) is 0 Å². The SMILES string of the molecule is COc1c(C2(c3ccccc3)OCCCCO2)ccc2ccccc12. The van der Waals surface area contributed by atoms with Crippen LogP contribution in [0.25, 0.3) is 10.8 Å². The van der Waals surface area contributed by atoms with Crippen molar-refractivity contribution in [3.63, 3.8) is 0 Å². The second kappa shape index (κ2) is 6.87. The third-order valence-electron chi connectivity index (χ3n) is 4.74. The van der Waals surface area contributed by atoms with Crippen molar-refractivity contribution >= 4 is 10.8 Å². The van der Waals surface area contributed by atoms with Crippen LogP contribution in [0, 0.1) is 0 Å². The minimum absolute atomic E-state index is 0.658. The molecular formula is C22H22O3. The minimum Gasteiger partial charge on any atom is -0.496 e. The maximum atomic E-state index is 6.35. The maximum absolute atomic E-state index is 6.35. The van der Waals surface area contributed by atoms with Gasteiger partial charge in [0.25, 0.3) is 0 Å². The molecule has 1 aliphatic rings. The van der Waals surface area contributed by atoms with E-state index in [1.165, 1.54) is 0 Å². The van der Waals surface area contributed by atoms with Gasteiger partial charge in [0.15, 0.2) is 0 Å². The molecule has 0 aromatic heterocycles. The zero-order valence-corrected chi connectivity index (χ0v) is 14.4. The average molecular weight is 334 g/mol. The summed E-state index contributed by atoms with van der Waals surface area (Å²) in [6, 6.07) is 22.6. The van der Waals surface area contributed by atoms with E-state index < -0.39 is 5.79 Å². The Morgan fingerprint density at radius 2 is 1.48 bits per heavy atom. The summed E-state index contributed by atoms with van der Waals surface area (Å²) in [4.78, 5) is 0. The van der Waals surface area contributed by atoms with E-state index in [9.17, 15) is 0 Å². The predicted octanol–water partition coefficient (Wildman–Crippen LogP) is 4.88. The van der Waals surface area contributed by atoms with Crippen LogP contribution in [-0.4, -0.2) is 20.3 Å². The van der Waals surface area contributed by atoms with Gasteiger partial charge in [0.05, 0.1) is 25.9 Å². The highest BCUT2D eigenvalue weighted by Gasteiger charge is 2.40. The fourth-order valence-electron chi connectivity index (χ4n) is 3.53. The molecule has 3 heteroatoms. The third-order valence-corrected chi connectivity index (χ3v) is 4.74. The molecule has 3 aromatic carbocycles. The van der Waals surface area contributed by atoms with Crippen LogP contribution in [0.2, 0.25) is 0 Å². The number of hydrogen-bond donors (Lipinski definition) is 0. The van der Waals surface area contributed by atoms with Crippen LogP contribution in [0.5, 0.6) is 5.75 Å². The van der Waals surface area contributed by atoms with Gasteiger partial charge in [-0.3, -0.25) is 0 Å². The van der Waals surface area contributed by atoms with Gasteiger partial charge in [-0.1, -0.05) is 60.7 Å². The lowest BCUT2D eigenvalue weighted by atomic mass is 9.93. The molecule has 0 atom stereocenters. The molecule has 0 unspecified atom stereocenters. The Kier molecular flexibility index (Phi) is 4.43. The third kappa shape index (κ3) is 2.80. The van der Waals surface area contributed by atoms with Crippen molar-refractivity contribution in [3.05, 3.63) is 77.9 Å². The molecule has 4 rings (SSSR count). The molecule has 0 aliphatic carbocycles. The molecule has 0 radical (unpaired) electrons. The van der Waals surface area contributed by atoms with Gasteiger partial charge in [-0.05, 0) is 24.3 Å². The van der Waals surface area contributed by atoms with Crippen LogP contribution >= 0.6 is 0 Å². The summed E-state index contributed by atoms with van der Waals surface area (Å²) in [5.41, 5.74) is 1.91. The zero-order chi connectivity index (χ0) is 17.1. The summed E-state index contributed by atoms with van der Waals surface area (Å²) < 4.78 is 18.5. The Morgan fingerprint density at radius 3 is 2.20 bits per heavy atom. The van der Waals surface area contributed by atoms with E-state index in [4.69, 9.17) is 14.2 Å². The normalized spacial score (nSPS) is 17.2. The van der Waals surface area contributed by atoms with Gasteiger partial charge in [0, 0.05) is 10.9 Å². The molecule has 1 saturated heterocycles. The smallest absolute Gasteiger partial charge is 0.226 e. The number of hydrogen-bond acceptors (Lipinski definition) is 3. The molecule has 0 saturated carbocycles. The second-order valence-corrected chi connectivity index (χ2v) is 6.25. The van der Waals surface area contributed by atoms with Crippen molar-refractivity contribution in [2.24, 2.45) is 0 Å². The summed E-state index contributed by atoms with van der Waals surface area (Å²) in [7, 11) is 1.71. The number of fused-ring (bicyclic) bond motifs is 1. The maximum Gasteiger partial charge on any atom is 0.226 e. The van der Waals surface area contributed by atoms with Crippen molar-refractivity contribution in [2.75, 3.05) is 20.3 Å². The summed E-state index contributed by atoms with van der Waals surface area (Å²) in [6.45, 7) is 1.32. The molecule has 3 aromatic rings. The highest BCUT2D eigenvalue weighted by molar-refractivity contribution is 5.90. The standard InChI is InChI=1S/C22H22O3/c1-23-21-19-12-6-5-9-17(19)13-14-20(21)22(18-10-3-2-4-11-18)24-15-7-8-16-25-22/h2-6,9-14H,7-8,15-16H2,1H3. The highest BCUT2D eigenvalue weighted by atomic mass is 16.7. The molecule has 0 bridgehead atoms. The van der Waals surface area contributed by atoms with E-state index in [0.29, 0.717) is 13.2 Å². The minimum atomic E-state index is -0.937. The lowest BCUT2D eigenvalue weighted by molar-refractivity contribution is -0.205. The van der Waals surface area contributed by atoms with E-state index in [0.717, 1.165) is 40.5 Å². The molecule has 0 amide bonds. The number of rotatable bonds is 3. The quantitative estimate of drug-likeness (QED) is 0.683. The number of methoxy groups -OCH3 is 1. The van der Waals surface area contributed by atoms with E-state index in [1.54, 1.807) is 7.11 Å². The molecule has 3 nitrogen and oxygen atoms in total. The topological polar surface area (TPSA) is 27.7 Å². The second-order valence-electron chi connectivity index (χ2n) is 6.25. The summed E-state index contributed by atoms with van der Waals surface area (Å²) in [5.74, 6) is -0.128. The lowest BCUT2D eigenvalue weighted by Gasteiger charge is -2.34. The number of benzene rings is 3. The molecule has 128 valence electrons. The summed E-state index contributed by atoms with van der Waals surface area (Å²) >= 11 is 0. The van der Waals surface area contributed by atoms with E-state index in [-0.39, 0.29) is 0 Å². The number of ether oxygens (including phenoxy) is 3. The van der Waals surface area contributed by atoms with Gasteiger partial charge in [-0.15, -0.1) is 0 Å². The van der Waals surface area contributed by atoms with Crippen molar-refractivity contribution in [1.82, 2.24) is 0 Å². The van der Waals surface area contributed by atoms with Gasteiger partial charge in [-0.2, -0.15) is 0 Å². The first-order valence-corrected chi connectivity index (χ1v) is 8.75. The molecule has 1 fully saturated rings. The first-order chi connectivity index (χ1) is 12.3. The largest absolute Gasteiger partial charge is 0.496 e. The van der Waals surface area contributed by atoms with E-state index in [2.05, 4.69) is 36.4 Å². The summed E-state index contributed by atoms with van der Waals surface area (Å²) in [6.07, 6.45) is 1.98. The lowest BCUT2D eigenvalue weighted by Crippen LogP contribution is -2.34. The Balaban J connectivity index is 1.98. The molecular weight excluding hydrogens is 312 g/mol. The van der Waals surface area contributed by atoms with E-state index >= 15 is 0 Å². The average Bonchev–Trinajstić information content (AvgIpc) is 2.94. The molecule has 25 heavy (non-hydrogen) atoms. The molecule has 0 N–H and O–H groups in total. The fraction of sp³-hybridized carbons (Fsp3) is 0.273. The van der Waals surface area contributed by atoms with Crippen LogP contribution in [0.4, 0.5) is 0 Å². The Labute approximate surface area is 148 Å². The van der Waals surface area contributed by atoms with Crippen molar-refractivity contribution < 1.29 is 14.2 Å². The fourth-order valence-corrected chi connectivity index (χ4v) is 3.53. The first kappa shape index (κ1) is 16.1. The molecule has 1 aliphatic heterocycles. The van der Waals surface area contributed by atoms with Crippen LogP contribution in [0.1, 0.15) is 24.0 Å². The van der Waals surface area contributed by atoms with Crippen LogP contribution in [0.3, 0.4) is 0 Å². The summed E-state index contributed by atoms with van der Waals surface area (Å²) in [5, 5.41) is 2.20. The van der Waals surface area contributed by atoms with Gasteiger partial charge < -0.3 is 14.2 Å². The highest BCUT2D eigenvalue weighted by Crippen LogP contribution is 2.44. The Hall–Kier alpha value is -2.36. The van der Waals surface area contributed by atoms with Gasteiger partial charge in [0.1, 0.15) is 5.75 Å². The molecule has 1 heterocycles. The van der Waals surface area contributed by atoms with Crippen LogP contribution < -0.4 is 4.74 Å². The van der Waals surface area contributed by atoms with Crippen molar-refractivity contribution in [2.45, 2.75) is 18.6 Å². The van der Waals surface area contributed by atoms with Crippen molar-refractivity contribution in [1.29, 1.82) is 0 Å². The van der Waals surface area contributed by atoms with Crippen LogP contribution in [-0.2, 0) is 15.3 Å².